The zero-order valence-electron chi connectivity index (χ0n) is 14.7. The largest absolute Gasteiger partial charge is 0.466 e. The molecule has 1 saturated carbocycles. The summed E-state index contributed by atoms with van der Waals surface area (Å²) in [5, 5.41) is 0. The van der Waals surface area contributed by atoms with Gasteiger partial charge in [-0.05, 0) is 44.5 Å². The molecule has 5 nitrogen and oxygen atoms in total. The van der Waals surface area contributed by atoms with E-state index in [-0.39, 0.29) is 11.5 Å². The summed E-state index contributed by atoms with van der Waals surface area (Å²) < 4.78 is 5.20. The van der Waals surface area contributed by atoms with Crippen molar-refractivity contribution in [1.82, 2.24) is 4.90 Å². The van der Waals surface area contributed by atoms with Gasteiger partial charge in [0, 0.05) is 17.6 Å². The van der Waals surface area contributed by atoms with Crippen LogP contribution in [-0.4, -0.2) is 36.0 Å². The molecule has 5 heteroatoms. The van der Waals surface area contributed by atoms with E-state index in [1.165, 1.54) is 6.42 Å². The molecule has 1 aromatic carbocycles. The Hall–Kier alpha value is -1.88. The van der Waals surface area contributed by atoms with Crippen LogP contribution in [0.3, 0.4) is 0 Å². The molecule has 0 aliphatic heterocycles. The number of carbonyl (C=O) groups excluding carboxylic acids is 2. The van der Waals surface area contributed by atoms with Crippen molar-refractivity contribution in [1.29, 1.82) is 0 Å². The lowest BCUT2D eigenvalue weighted by Crippen LogP contribution is -2.49. The first-order valence-electron chi connectivity index (χ1n) is 8.72. The van der Waals surface area contributed by atoms with E-state index in [1.807, 2.05) is 19.1 Å². The molecule has 0 saturated heterocycles. The maximum absolute atomic E-state index is 12.1. The van der Waals surface area contributed by atoms with Gasteiger partial charge in [-0.3, -0.25) is 14.5 Å². The molecule has 2 rings (SSSR count). The van der Waals surface area contributed by atoms with Gasteiger partial charge in [0.05, 0.1) is 13.0 Å². The van der Waals surface area contributed by atoms with Crippen molar-refractivity contribution >= 4 is 11.9 Å². The fraction of sp³-hybridized carbons (Fsp3) is 0.579. The van der Waals surface area contributed by atoms with E-state index in [0.29, 0.717) is 18.6 Å². The van der Waals surface area contributed by atoms with Gasteiger partial charge >= 0.3 is 5.97 Å². The first kappa shape index (κ1) is 18.5. The molecule has 1 aliphatic rings. The third kappa shape index (κ3) is 4.57. The monoisotopic (exact) mass is 332 g/mol. The van der Waals surface area contributed by atoms with Crippen LogP contribution in [0, 0.1) is 0 Å². The second kappa shape index (κ2) is 8.29. The highest BCUT2D eigenvalue weighted by Gasteiger charge is 2.38. The first-order valence-corrected chi connectivity index (χ1v) is 8.72. The van der Waals surface area contributed by atoms with Crippen molar-refractivity contribution in [3.8, 4) is 0 Å². The van der Waals surface area contributed by atoms with Gasteiger partial charge in [-0.25, -0.2) is 0 Å². The number of amides is 1. The summed E-state index contributed by atoms with van der Waals surface area (Å²) in [7, 11) is 2.08. The van der Waals surface area contributed by atoms with Gasteiger partial charge in [0.1, 0.15) is 0 Å². The van der Waals surface area contributed by atoms with Crippen molar-refractivity contribution in [3.05, 3.63) is 35.4 Å². The number of nitrogens with zero attached hydrogens (tertiary/aromatic N) is 1. The van der Waals surface area contributed by atoms with Crippen LogP contribution < -0.4 is 5.73 Å². The van der Waals surface area contributed by atoms with Crippen molar-refractivity contribution in [2.45, 2.75) is 57.5 Å². The molecule has 0 spiro atoms. The van der Waals surface area contributed by atoms with Gasteiger partial charge in [-0.15, -0.1) is 0 Å². The maximum atomic E-state index is 12.1. The Bertz CT molecular complexity index is 562. The molecule has 1 aliphatic carbocycles. The molecule has 2 N–H and O–H groups in total. The van der Waals surface area contributed by atoms with Gasteiger partial charge < -0.3 is 10.5 Å². The van der Waals surface area contributed by atoms with Crippen molar-refractivity contribution in [3.63, 3.8) is 0 Å². The third-order valence-corrected chi connectivity index (χ3v) is 5.03. The molecule has 24 heavy (non-hydrogen) atoms. The van der Waals surface area contributed by atoms with Crippen LogP contribution in [0.5, 0.6) is 0 Å². The highest BCUT2D eigenvalue weighted by Crippen LogP contribution is 2.37. The van der Waals surface area contributed by atoms with Crippen LogP contribution in [0.25, 0.3) is 0 Å². The highest BCUT2D eigenvalue weighted by atomic mass is 16.5. The van der Waals surface area contributed by atoms with Gasteiger partial charge in [-0.2, -0.15) is 0 Å². The summed E-state index contributed by atoms with van der Waals surface area (Å²) in [5.74, 6) is -0.531. The lowest BCUT2D eigenvalue weighted by molar-refractivity contribution is -0.147. The zero-order valence-corrected chi connectivity index (χ0v) is 14.7. The number of primary amides is 1. The van der Waals surface area contributed by atoms with Gasteiger partial charge in [-0.1, -0.05) is 31.4 Å². The molecule has 0 bridgehead atoms. The number of nitrogens with two attached hydrogens (primary N) is 1. The van der Waals surface area contributed by atoms with E-state index < -0.39 is 5.91 Å². The Kier molecular flexibility index (Phi) is 6.37. The van der Waals surface area contributed by atoms with E-state index in [4.69, 9.17) is 10.5 Å². The Balaban J connectivity index is 2.10. The minimum Gasteiger partial charge on any atom is -0.466 e. The smallest absolute Gasteiger partial charge is 0.307 e. The number of rotatable bonds is 7. The highest BCUT2D eigenvalue weighted by molar-refractivity contribution is 5.92. The number of carbonyl (C=O) groups is 2. The topological polar surface area (TPSA) is 72.6 Å². The summed E-state index contributed by atoms with van der Waals surface area (Å²) in [6.07, 6.45) is 5.99. The molecule has 0 heterocycles. The number of hydrogen-bond donors (Lipinski definition) is 1. The molecule has 0 radical (unpaired) electrons. The average molecular weight is 332 g/mol. The van der Waals surface area contributed by atoms with Crippen LogP contribution in [0.4, 0.5) is 0 Å². The lowest BCUT2D eigenvalue weighted by atomic mass is 9.78. The molecule has 0 unspecified atom stereocenters. The van der Waals surface area contributed by atoms with Gasteiger partial charge in [0.2, 0.25) is 5.91 Å². The lowest BCUT2D eigenvalue weighted by Gasteiger charge is -2.44. The molecular formula is C19H28N2O3. The van der Waals surface area contributed by atoms with Crippen molar-refractivity contribution in [2.75, 3.05) is 13.7 Å². The van der Waals surface area contributed by atoms with Crippen molar-refractivity contribution < 1.29 is 14.3 Å². The predicted octanol–water partition coefficient (Wildman–Crippen LogP) is 2.87. The van der Waals surface area contributed by atoms with Crippen LogP contribution in [-0.2, 0) is 16.1 Å². The normalized spacial score (nSPS) is 16.8. The molecule has 1 aromatic rings. The summed E-state index contributed by atoms with van der Waals surface area (Å²) in [4.78, 5) is 25.5. The minimum absolute atomic E-state index is 0.115. The molecule has 1 fully saturated rings. The molecule has 0 aromatic heterocycles. The fourth-order valence-electron chi connectivity index (χ4n) is 3.60. The molecule has 1 amide bonds. The quantitative estimate of drug-likeness (QED) is 0.779. The SMILES string of the molecule is CCOC(=O)CC1(N(C)Cc2ccc(C(N)=O)cc2)CCCCC1. The van der Waals surface area contributed by atoms with Crippen LogP contribution in [0.2, 0.25) is 0 Å². The van der Waals surface area contributed by atoms with E-state index in [9.17, 15) is 9.59 Å². The number of hydrogen-bond acceptors (Lipinski definition) is 4. The number of ether oxygens (including phenoxy) is 1. The van der Waals surface area contributed by atoms with E-state index in [2.05, 4.69) is 11.9 Å². The summed E-state index contributed by atoms with van der Waals surface area (Å²) in [6, 6.07) is 7.36. The Morgan fingerprint density at radius 1 is 1.17 bits per heavy atom. The van der Waals surface area contributed by atoms with Crippen LogP contribution >= 0.6 is 0 Å². The molecule has 132 valence electrons. The van der Waals surface area contributed by atoms with E-state index in [1.54, 1.807) is 12.1 Å². The first-order chi connectivity index (χ1) is 11.5. The van der Waals surface area contributed by atoms with E-state index in [0.717, 1.165) is 37.8 Å². The third-order valence-electron chi connectivity index (χ3n) is 5.03. The standard InChI is InChI=1S/C19H28N2O3/c1-3-24-17(22)13-19(11-5-4-6-12-19)21(2)14-15-7-9-16(10-8-15)18(20)23/h7-10H,3-6,11-14H2,1-2H3,(H2,20,23). The second-order valence-corrected chi connectivity index (χ2v) is 6.68. The second-order valence-electron chi connectivity index (χ2n) is 6.68. The fourth-order valence-corrected chi connectivity index (χ4v) is 3.60. The Morgan fingerprint density at radius 3 is 2.33 bits per heavy atom. The minimum atomic E-state index is -0.416. The summed E-state index contributed by atoms with van der Waals surface area (Å²) >= 11 is 0. The van der Waals surface area contributed by atoms with Crippen LogP contribution in [0.1, 0.15) is 61.4 Å². The summed E-state index contributed by atoms with van der Waals surface area (Å²) in [5.41, 5.74) is 6.78. The van der Waals surface area contributed by atoms with Crippen LogP contribution in [0.15, 0.2) is 24.3 Å². The van der Waals surface area contributed by atoms with Gasteiger partial charge in [0.15, 0.2) is 0 Å². The summed E-state index contributed by atoms with van der Waals surface area (Å²) in [6.45, 7) is 3.00. The van der Waals surface area contributed by atoms with Gasteiger partial charge in [0.25, 0.3) is 0 Å². The van der Waals surface area contributed by atoms with Crippen molar-refractivity contribution in [2.24, 2.45) is 5.73 Å². The number of benzene rings is 1. The zero-order chi connectivity index (χ0) is 17.6. The van der Waals surface area contributed by atoms with E-state index >= 15 is 0 Å². The average Bonchev–Trinajstić information content (AvgIpc) is 2.56. The Labute approximate surface area is 144 Å². The molecular weight excluding hydrogens is 304 g/mol. The predicted molar refractivity (Wildman–Crippen MR) is 93.5 cm³/mol. The Morgan fingerprint density at radius 2 is 1.79 bits per heavy atom. The maximum Gasteiger partial charge on any atom is 0.307 e. The number of esters is 1. The molecule has 0 atom stereocenters.